The second kappa shape index (κ2) is 7.29. The van der Waals surface area contributed by atoms with Crippen molar-refractivity contribution in [3.63, 3.8) is 0 Å². The van der Waals surface area contributed by atoms with E-state index < -0.39 is 11.6 Å². The SMILES string of the molecule is CC=C(C)C1(C)CC(O)=C(C(CCC)=NOCC)C(=O)O1. The minimum Gasteiger partial charge on any atom is -0.511 e. The fourth-order valence-electron chi connectivity index (χ4n) is 2.22. The Labute approximate surface area is 126 Å². The number of aliphatic hydroxyl groups is 1. The normalized spacial score (nSPS) is 24.1. The first kappa shape index (κ1) is 17.3. The number of esters is 1. The van der Waals surface area contributed by atoms with Crippen LogP contribution in [0.1, 0.15) is 53.9 Å². The van der Waals surface area contributed by atoms with Crippen molar-refractivity contribution in [2.24, 2.45) is 5.16 Å². The Balaban J connectivity index is 3.18. The third kappa shape index (κ3) is 3.86. The molecule has 0 aliphatic carbocycles. The number of carbonyl (C=O) groups is 1. The van der Waals surface area contributed by atoms with E-state index in [9.17, 15) is 9.90 Å². The van der Waals surface area contributed by atoms with E-state index in [4.69, 9.17) is 9.57 Å². The number of carbonyl (C=O) groups excluding carboxylic acids is 1. The fraction of sp³-hybridized carbons (Fsp3) is 0.625. The first-order valence-electron chi connectivity index (χ1n) is 7.37. The topological polar surface area (TPSA) is 68.1 Å². The molecule has 0 saturated heterocycles. The van der Waals surface area contributed by atoms with Gasteiger partial charge in [0.1, 0.15) is 23.5 Å². The molecule has 0 fully saturated rings. The monoisotopic (exact) mass is 295 g/mol. The molecule has 0 aromatic rings. The van der Waals surface area contributed by atoms with E-state index in [1.54, 1.807) is 6.92 Å². The molecule has 0 aromatic heterocycles. The summed E-state index contributed by atoms with van der Waals surface area (Å²) in [7, 11) is 0. The van der Waals surface area contributed by atoms with Gasteiger partial charge >= 0.3 is 5.97 Å². The van der Waals surface area contributed by atoms with Crippen molar-refractivity contribution in [2.45, 2.75) is 59.5 Å². The Morgan fingerprint density at radius 2 is 2.19 bits per heavy atom. The second-order valence-corrected chi connectivity index (χ2v) is 5.30. The molecule has 0 radical (unpaired) electrons. The lowest BCUT2D eigenvalue weighted by Crippen LogP contribution is -2.40. The summed E-state index contributed by atoms with van der Waals surface area (Å²) in [6.07, 6.45) is 3.47. The molecule has 1 aliphatic heterocycles. The number of nitrogens with zero attached hydrogens (tertiary/aromatic N) is 1. The van der Waals surface area contributed by atoms with E-state index in [-0.39, 0.29) is 17.8 Å². The fourth-order valence-corrected chi connectivity index (χ4v) is 2.22. The predicted octanol–water partition coefficient (Wildman–Crippen LogP) is 3.66. The maximum atomic E-state index is 12.3. The van der Waals surface area contributed by atoms with Crippen LogP contribution < -0.4 is 0 Å². The van der Waals surface area contributed by atoms with Crippen molar-refractivity contribution in [3.8, 4) is 0 Å². The summed E-state index contributed by atoms with van der Waals surface area (Å²) in [5.74, 6) is -0.531. The minimum absolute atomic E-state index is 0.0156. The van der Waals surface area contributed by atoms with Crippen LogP contribution in [0, 0.1) is 0 Å². The lowest BCUT2D eigenvalue weighted by molar-refractivity contribution is -0.152. The van der Waals surface area contributed by atoms with Gasteiger partial charge in [-0.3, -0.25) is 0 Å². The number of allylic oxidation sites excluding steroid dienone is 1. The molecule has 1 unspecified atom stereocenters. The summed E-state index contributed by atoms with van der Waals surface area (Å²) in [6, 6.07) is 0. The predicted molar refractivity (Wildman–Crippen MR) is 82.2 cm³/mol. The third-order valence-corrected chi connectivity index (χ3v) is 3.66. The number of aliphatic hydroxyl groups excluding tert-OH is 1. The van der Waals surface area contributed by atoms with Gasteiger partial charge in [-0.15, -0.1) is 0 Å². The van der Waals surface area contributed by atoms with Gasteiger partial charge in [0.2, 0.25) is 0 Å². The first-order chi connectivity index (χ1) is 9.89. The lowest BCUT2D eigenvalue weighted by atomic mass is 9.87. The number of oxime groups is 1. The Morgan fingerprint density at radius 3 is 2.67 bits per heavy atom. The summed E-state index contributed by atoms with van der Waals surface area (Å²) in [4.78, 5) is 17.4. The molecule has 1 atom stereocenters. The molecule has 118 valence electrons. The van der Waals surface area contributed by atoms with Crippen molar-refractivity contribution in [1.82, 2.24) is 0 Å². The van der Waals surface area contributed by atoms with Crippen molar-refractivity contribution in [1.29, 1.82) is 0 Å². The minimum atomic E-state index is -0.803. The van der Waals surface area contributed by atoms with Crippen LogP contribution in [0.5, 0.6) is 0 Å². The summed E-state index contributed by atoms with van der Waals surface area (Å²) >= 11 is 0. The van der Waals surface area contributed by atoms with Crippen LogP contribution in [-0.4, -0.2) is 29.0 Å². The Hall–Kier alpha value is -1.78. The van der Waals surface area contributed by atoms with Crippen LogP contribution in [0.15, 0.2) is 28.1 Å². The molecule has 0 amide bonds. The van der Waals surface area contributed by atoms with Gasteiger partial charge in [0.05, 0.1) is 5.71 Å². The van der Waals surface area contributed by atoms with Gasteiger partial charge in [0, 0.05) is 6.42 Å². The van der Waals surface area contributed by atoms with Gasteiger partial charge < -0.3 is 14.7 Å². The van der Waals surface area contributed by atoms with E-state index in [2.05, 4.69) is 5.16 Å². The van der Waals surface area contributed by atoms with Gasteiger partial charge in [-0.05, 0) is 39.7 Å². The molecular weight excluding hydrogens is 270 g/mol. The maximum absolute atomic E-state index is 12.3. The molecule has 0 spiro atoms. The van der Waals surface area contributed by atoms with Crippen molar-refractivity contribution >= 4 is 11.7 Å². The molecular formula is C16H25NO4. The van der Waals surface area contributed by atoms with Gasteiger partial charge in [0.25, 0.3) is 0 Å². The number of rotatable bonds is 6. The molecule has 0 bridgehead atoms. The summed E-state index contributed by atoms with van der Waals surface area (Å²) < 4.78 is 5.56. The maximum Gasteiger partial charge on any atom is 0.344 e. The van der Waals surface area contributed by atoms with Crippen molar-refractivity contribution < 1.29 is 19.5 Å². The van der Waals surface area contributed by atoms with Gasteiger partial charge in [-0.25, -0.2) is 4.79 Å². The number of cyclic esters (lactones) is 1. The molecule has 5 heteroatoms. The number of hydrogen-bond donors (Lipinski definition) is 1. The number of ether oxygens (including phenoxy) is 1. The van der Waals surface area contributed by atoms with Crippen LogP contribution in [-0.2, 0) is 14.4 Å². The zero-order valence-corrected chi connectivity index (χ0v) is 13.5. The lowest BCUT2D eigenvalue weighted by Gasteiger charge is -2.35. The van der Waals surface area contributed by atoms with E-state index in [1.807, 2.05) is 33.8 Å². The highest BCUT2D eigenvalue weighted by atomic mass is 16.6. The Bertz CT molecular complexity index is 491. The Kier molecular flexibility index (Phi) is 6.00. The van der Waals surface area contributed by atoms with Crippen molar-refractivity contribution in [3.05, 3.63) is 23.0 Å². The number of hydrogen-bond acceptors (Lipinski definition) is 5. The highest BCUT2D eigenvalue weighted by Crippen LogP contribution is 2.35. The van der Waals surface area contributed by atoms with Crippen LogP contribution in [0.25, 0.3) is 0 Å². The summed E-state index contributed by atoms with van der Waals surface area (Å²) in [6.45, 7) is 9.75. The molecule has 21 heavy (non-hydrogen) atoms. The van der Waals surface area contributed by atoms with Crippen molar-refractivity contribution in [2.75, 3.05) is 6.61 Å². The van der Waals surface area contributed by atoms with Gasteiger partial charge in [-0.2, -0.15) is 0 Å². The standard InChI is InChI=1S/C16H25NO4/c1-6-9-12(17-20-8-3)14-13(18)10-16(5,11(4)7-2)21-15(14)19/h7,18H,6,8-10H2,1-5H3. The third-order valence-electron chi connectivity index (χ3n) is 3.66. The molecule has 1 N–H and O–H groups in total. The quantitative estimate of drug-likeness (QED) is 0.351. The van der Waals surface area contributed by atoms with Gasteiger partial charge in [-0.1, -0.05) is 24.6 Å². The highest BCUT2D eigenvalue weighted by molar-refractivity contribution is 6.20. The second-order valence-electron chi connectivity index (χ2n) is 5.30. The van der Waals surface area contributed by atoms with E-state index >= 15 is 0 Å². The highest BCUT2D eigenvalue weighted by Gasteiger charge is 2.40. The summed E-state index contributed by atoms with van der Waals surface area (Å²) in [5, 5.41) is 14.3. The zero-order valence-electron chi connectivity index (χ0n) is 13.5. The van der Waals surface area contributed by atoms with Gasteiger partial charge in [0.15, 0.2) is 0 Å². The molecule has 1 aliphatic rings. The van der Waals surface area contributed by atoms with Crippen LogP contribution in [0.2, 0.25) is 0 Å². The smallest absolute Gasteiger partial charge is 0.344 e. The molecule has 1 rings (SSSR count). The average Bonchev–Trinajstić information content (AvgIpc) is 2.42. The zero-order chi connectivity index (χ0) is 16.0. The van der Waals surface area contributed by atoms with E-state index in [0.29, 0.717) is 18.7 Å². The largest absolute Gasteiger partial charge is 0.511 e. The molecule has 1 heterocycles. The van der Waals surface area contributed by atoms with Crippen LogP contribution in [0.3, 0.4) is 0 Å². The van der Waals surface area contributed by atoms with Crippen LogP contribution in [0.4, 0.5) is 0 Å². The van der Waals surface area contributed by atoms with Crippen LogP contribution >= 0.6 is 0 Å². The van der Waals surface area contributed by atoms with E-state index in [0.717, 1.165) is 12.0 Å². The van der Waals surface area contributed by atoms with E-state index in [1.165, 1.54) is 0 Å². The Morgan fingerprint density at radius 1 is 1.52 bits per heavy atom. The molecule has 0 saturated carbocycles. The summed E-state index contributed by atoms with van der Waals surface area (Å²) in [5.41, 5.74) is 0.691. The molecule has 0 aromatic carbocycles. The molecule has 5 nitrogen and oxygen atoms in total. The first-order valence-corrected chi connectivity index (χ1v) is 7.37. The average molecular weight is 295 g/mol.